The van der Waals surface area contributed by atoms with Crippen LogP contribution in [-0.4, -0.2) is 33.4 Å². The van der Waals surface area contributed by atoms with E-state index in [9.17, 15) is 9.59 Å². The van der Waals surface area contributed by atoms with Gasteiger partial charge in [-0.2, -0.15) is 0 Å². The van der Waals surface area contributed by atoms with Crippen molar-refractivity contribution in [1.82, 2.24) is 14.5 Å². The molecule has 1 aliphatic carbocycles. The maximum Gasteiger partial charge on any atom is 0.254 e. The number of piperidine rings is 1. The van der Waals surface area contributed by atoms with Gasteiger partial charge in [-0.3, -0.25) is 14.2 Å². The Bertz CT molecular complexity index is 1550. The molecule has 218 valence electrons. The quantitative estimate of drug-likeness (QED) is 0.267. The number of benzene rings is 2. The molecule has 1 atom stereocenters. The molecule has 5 rings (SSSR count). The lowest BCUT2D eigenvalue weighted by molar-refractivity contribution is -0.136. The van der Waals surface area contributed by atoms with Crippen LogP contribution in [0.15, 0.2) is 101 Å². The van der Waals surface area contributed by atoms with Crippen LogP contribution in [0, 0.1) is 5.92 Å². The molecule has 0 bridgehead atoms. The molecule has 1 fully saturated rings. The second-order valence-electron chi connectivity index (χ2n) is 10.8. The molecule has 7 nitrogen and oxygen atoms in total. The van der Waals surface area contributed by atoms with Crippen LogP contribution in [-0.2, 0) is 11.2 Å². The van der Waals surface area contributed by atoms with Crippen molar-refractivity contribution in [2.45, 2.75) is 44.6 Å². The van der Waals surface area contributed by atoms with E-state index >= 15 is 0 Å². The van der Waals surface area contributed by atoms with E-state index in [0.29, 0.717) is 47.4 Å². The first-order valence-corrected chi connectivity index (χ1v) is 15.1. The molecule has 1 aromatic heterocycles. The van der Waals surface area contributed by atoms with Gasteiger partial charge < -0.3 is 16.0 Å². The predicted octanol–water partition coefficient (Wildman–Crippen LogP) is 6.66. The number of amides is 1. The van der Waals surface area contributed by atoms with Crippen LogP contribution >= 0.6 is 23.2 Å². The minimum absolute atomic E-state index is 0.0440. The van der Waals surface area contributed by atoms with Gasteiger partial charge in [-0.15, -0.1) is 0 Å². The van der Waals surface area contributed by atoms with Gasteiger partial charge in [0.25, 0.3) is 5.56 Å². The number of allylic oxidation sites excluding steroid dienone is 4. The molecular weight excluding hydrogens is 569 g/mol. The van der Waals surface area contributed by atoms with E-state index in [1.807, 2.05) is 11.0 Å². The number of carbonyl (C=O) groups excluding carboxylic acids is 1. The van der Waals surface area contributed by atoms with Crippen molar-refractivity contribution in [2.24, 2.45) is 11.7 Å². The van der Waals surface area contributed by atoms with Crippen LogP contribution in [0.2, 0.25) is 5.02 Å². The van der Waals surface area contributed by atoms with Gasteiger partial charge in [-0.05, 0) is 67.4 Å². The number of nitrogens with two attached hydrogens (primary N) is 1. The Balaban J connectivity index is 1.39. The SMILES string of the molecule is N/C(Cl)=C\Nc1ccc(Cl)cc1-c1cc(=O)n(C(CC2=CCCC=C2)C(=O)N2CCC(Cc3ccccc3)CC2)cn1. The Kier molecular flexibility index (Phi) is 9.82. The molecule has 3 aromatic rings. The number of halogens is 2. The fourth-order valence-electron chi connectivity index (χ4n) is 5.66. The molecule has 1 unspecified atom stereocenters. The van der Waals surface area contributed by atoms with Crippen LogP contribution < -0.4 is 16.6 Å². The second-order valence-corrected chi connectivity index (χ2v) is 11.7. The van der Waals surface area contributed by atoms with Gasteiger partial charge in [0.05, 0.1) is 12.0 Å². The number of hydrogen-bond donors (Lipinski definition) is 2. The molecule has 1 aliphatic heterocycles. The molecule has 1 amide bonds. The maximum atomic E-state index is 14.0. The highest BCUT2D eigenvalue weighted by molar-refractivity contribution is 6.31. The number of nitrogens with one attached hydrogen (secondary N) is 1. The Hall–Kier alpha value is -3.81. The molecule has 0 radical (unpaired) electrons. The van der Waals surface area contributed by atoms with Crippen molar-refractivity contribution in [3.63, 3.8) is 0 Å². The fraction of sp³-hybridized carbons (Fsp3) is 0.303. The summed E-state index contributed by atoms with van der Waals surface area (Å²) in [5.74, 6) is 0.490. The van der Waals surface area contributed by atoms with E-state index in [-0.39, 0.29) is 16.6 Å². The van der Waals surface area contributed by atoms with Gasteiger partial charge >= 0.3 is 0 Å². The summed E-state index contributed by atoms with van der Waals surface area (Å²) in [4.78, 5) is 34.2. The third kappa shape index (κ3) is 7.52. The number of nitrogens with zero attached hydrogens (tertiary/aromatic N) is 3. The Morgan fingerprint density at radius 3 is 2.60 bits per heavy atom. The third-order valence-corrected chi connectivity index (χ3v) is 8.22. The molecule has 42 heavy (non-hydrogen) atoms. The average molecular weight is 605 g/mol. The van der Waals surface area contributed by atoms with Crippen LogP contribution in [0.4, 0.5) is 5.69 Å². The lowest BCUT2D eigenvalue weighted by Gasteiger charge is -2.35. The lowest BCUT2D eigenvalue weighted by Crippen LogP contribution is -2.44. The summed E-state index contributed by atoms with van der Waals surface area (Å²) in [6, 6.07) is 16.5. The average Bonchev–Trinajstić information content (AvgIpc) is 3.00. The number of aromatic nitrogens is 2. The second kappa shape index (κ2) is 13.9. The number of hydrogen-bond acceptors (Lipinski definition) is 5. The van der Waals surface area contributed by atoms with E-state index in [0.717, 1.165) is 37.7 Å². The van der Waals surface area contributed by atoms with Gasteiger partial charge in [0.2, 0.25) is 5.91 Å². The van der Waals surface area contributed by atoms with E-state index in [2.05, 4.69) is 52.8 Å². The minimum Gasteiger partial charge on any atom is -0.388 e. The van der Waals surface area contributed by atoms with Crippen molar-refractivity contribution in [3.05, 3.63) is 117 Å². The topological polar surface area (TPSA) is 93.2 Å². The first kappa shape index (κ1) is 29.7. The van der Waals surface area contributed by atoms with Crippen LogP contribution in [0.25, 0.3) is 11.3 Å². The third-order valence-electron chi connectivity index (χ3n) is 7.87. The van der Waals surface area contributed by atoms with Gasteiger partial charge in [-0.1, -0.05) is 71.8 Å². The summed E-state index contributed by atoms with van der Waals surface area (Å²) in [5, 5.41) is 3.60. The highest BCUT2D eigenvalue weighted by atomic mass is 35.5. The Morgan fingerprint density at radius 1 is 1.12 bits per heavy atom. The van der Waals surface area contributed by atoms with Crippen LogP contribution in [0.5, 0.6) is 0 Å². The van der Waals surface area contributed by atoms with Gasteiger partial charge in [-0.25, -0.2) is 4.98 Å². The van der Waals surface area contributed by atoms with Gasteiger partial charge in [0.15, 0.2) is 0 Å². The van der Waals surface area contributed by atoms with E-state index in [1.54, 1.807) is 18.2 Å². The molecule has 0 spiro atoms. The lowest BCUT2D eigenvalue weighted by atomic mass is 9.89. The number of carbonyl (C=O) groups is 1. The Labute approximate surface area is 256 Å². The molecule has 3 N–H and O–H groups in total. The normalized spacial score (nSPS) is 16.7. The predicted molar refractivity (Wildman–Crippen MR) is 170 cm³/mol. The largest absolute Gasteiger partial charge is 0.388 e. The first-order chi connectivity index (χ1) is 20.4. The summed E-state index contributed by atoms with van der Waals surface area (Å²) in [7, 11) is 0. The van der Waals surface area contributed by atoms with E-state index in [1.165, 1.54) is 28.7 Å². The maximum absolute atomic E-state index is 14.0. The molecule has 2 heterocycles. The Morgan fingerprint density at radius 2 is 1.90 bits per heavy atom. The van der Waals surface area contributed by atoms with Crippen molar-refractivity contribution >= 4 is 34.8 Å². The molecule has 9 heteroatoms. The first-order valence-electron chi connectivity index (χ1n) is 14.3. The van der Waals surface area contributed by atoms with Crippen LogP contribution in [0.3, 0.4) is 0 Å². The van der Waals surface area contributed by atoms with Crippen molar-refractivity contribution < 1.29 is 4.79 Å². The van der Waals surface area contributed by atoms with E-state index in [4.69, 9.17) is 28.9 Å². The summed E-state index contributed by atoms with van der Waals surface area (Å²) >= 11 is 12.1. The zero-order valence-corrected chi connectivity index (χ0v) is 24.9. The van der Waals surface area contributed by atoms with Crippen molar-refractivity contribution in [3.8, 4) is 11.3 Å². The zero-order valence-electron chi connectivity index (χ0n) is 23.4. The summed E-state index contributed by atoms with van der Waals surface area (Å²) < 4.78 is 1.47. The molecule has 2 aliphatic rings. The zero-order chi connectivity index (χ0) is 29.5. The highest BCUT2D eigenvalue weighted by Crippen LogP contribution is 2.31. The van der Waals surface area contributed by atoms with Crippen molar-refractivity contribution in [1.29, 1.82) is 0 Å². The van der Waals surface area contributed by atoms with Crippen LogP contribution in [0.1, 0.15) is 43.7 Å². The fourth-order valence-corrected chi connectivity index (χ4v) is 5.88. The minimum atomic E-state index is -0.685. The monoisotopic (exact) mass is 603 g/mol. The highest BCUT2D eigenvalue weighted by Gasteiger charge is 2.31. The van der Waals surface area contributed by atoms with Gasteiger partial charge in [0.1, 0.15) is 11.2 Å². The molecule has 1 saturated heterocycles. The number of rotatable bonds is 9. The number of anilines is 1. The summed E-state index contributed by atoms with van der Waals surface area (Å²) in [6.07, 6.45) is 14.5. The van der Waals surface area contributed by atoms with Gasteiger partial charge in [0, 0.05) is 48.1 Å². The van der Waals surface area contributed by atoms with Crippen molar-refractivity contribution in [2.75, 3.05) is 18.4 Å². The summed E-state index contributed by atoms with van der Waals surface area (Å²) in [5.41, 5.74) is 9.32. The van der Waals surface area contributed by atoms with E-state index < -0.39 is 6.04 Å². The number of likely N-dealkylation sites (tertiary alicyclic amines) is 1. The molecule has 2 aromatic carbocycles. The summed E-state index contributed by atoms with van der Waals surface area (Å²) in [6.45, 7) is 1.35. The molecule has 0 saturated carbocycles. The smallest absolute Gasteiger partial charge is 0.254 e. The standard InChI is InChI=1S/C33H35Cl2N5O2/c34-26-11-12-28(37-21-31(35)36)27(19-26)29-20-32(41)40(22-38-29)30(18-24-9-5-2-6-10-24)33(42)39-15-13-25(14-16-39)17-23-7-3-1-4-8-23/h1,3-5,7-12,19-22,25,30,37H,2,6,13-18,36H2/b31-21-. The molecular formula is C33H35Cl2N5O2.